The van der Waals surface area contributed by atoms with E-state index in [2.05, 4.69) is 10.3 Å². The summed E-state index contributed by atoms with van der Waals surface area (Å²) < 4.78 is 22.5. The minimum absolute atomic E-state index is 0.152. The van der Waals surface area contributed by atoms with Gasteiger partial charge in [0.15, 0.2) is 9.84 Å². The zero-order valence-electron chi connectivity index (χ0n) is 18.6. The number of allylic oxidation sites excluding steroid dienone is 1. The second-order valence-electron chi connectivity index (χ2n) is 6.98. The topological polar surface area (TPSA) is 116 Å². The smallest absolute Gasteiger partial charge is 0.337 e. The zero-order chi connectivity index (χ0) is 25.2. The Morgan fingerprint density at radius 1 is 1.18 bits per heavy atom. The minimum Gasteiger partial charge on any atom is -0.478 e. The molecule has 0 bridgehead atoms. The summed E-state index contributed by atoms with van der Waals surface area (Å²) in [5, 5.41) is 13.1. The normalized spacial score (nSPS) is 12.0. The molecule has 178 valence electrons. The fraction of sp³-hybridized carbons (Fsp3) is 0.217. The average Bonchev–Trinajstić information content (AvgIpc) is 2.97. The van der Waals surface area contributed by atoms with Crippen molar-refractivity contribution in [3.8, 4) is 0 Å². The van der Waals surface area contributed by atoms with Crippen LogP contribution in [-0.4, -0.2) is 42.4 Å². The van der Waals surface area contributed by atoms with E-state index in [-0.39, 0.29) is 16.9 Å². The van der Waals surface area contributed by atoms with Crippen molar-refractivity contribution >= 4 is 51.0 Å². The van der Waals surface area contributed by atoms with Gasteiger partial charge in [-0.15, -0.1) is 0 Å². The molecule has 0 aliphatic rings. The van der Waals surface area contributed by atoms with Gasteiger partial charge < -0.3 is 15.4 Å². The number of carboxylic acid groups (broad SMARTS) is 1. The van der Waals surface area contributed by atoms with Crippen LogP contribution in [0.4, 0.5) is 0 Å². The maximum atomic E-state index is 12.2. The van der Waals surface area contributed by atoms with E-state index in [9.17, 15) is 23.1 Å². The highest BCUT2D eigenvalue weighted by atomic mass is 35.5. The Bertz CT molecular complexity index is 1180. The number of amides is 1. The van der Waals surface area contributed by atoms with Crippen LogP contribution in [0.2, 0.25) is 10.0 Å². The molecule has 0 unspecified atom stereocenters. The first-order valence-corrected chi connectivity index (χ1v) is 12.5. The molecule has 0 saturated heterocycles. The SMILES string of the molecule is C/C=C/NC(=O)C(=C\c1[nH]c(C)c(C(=O)O)c1C)/C=C/CS(C)(=O)=O.Clc1cccc(Cl)c1. The van der Waals surface area contributed by atoms with Crippen LogP contribution in [0.15, 0.2) is 54.3 Å². The van der Waals surface area contributed by atoms with Crippen LogP contribution in [0.1, 0.15) is 34.2 Å². The summed E-state index contributed by atoms with van der Waals surface area (Å²) in [5.41, 5.74) is 1.80. The summed E-state index contributed by atoms with van der Waals surface area (Å²) in [5.74, 6) is -1.70. The van der Waals surface area contributed by atoms with Crippen molar-refractivity contribution in [2.45, 2.75) is 20.8 Å². The van der Waals surface area contributed by atoms with Crippen molar-refractivity contribution in [2.24, 2.45) is 0 Å². The van der Waals surface area contributed by atoms with Crippen LogP contribution in [0.5, 0.6) is 0 Å². The Hall–Kier alpha value is -2.81. The highest BCUT2D eigenvalue weighted by Gasteiger charge is 2.17. The summed E-state index contributed by atoms with van der Waals surface area (Å²) >= 11 is 11.1. The summed E-state index contributed by atoms with van der Waals surface area (Å²) in [6.45, 7) is 5.01. The molecule has 0 spiro atoms. The third-order valence-corrected chi connectivity index (χ3v) is 5.38. The molecule has 1 aromatic carbocycles. The molecule has 0 saturated carbocycles. The van der Waals surface area contributed by atoms with Crippen molar-refractivity contribution in [1.29, 1.82) is 0 Å². The minimum atomic E-state index is -3.20. The number of aryl methyl sites for hydroxylation is 1. The summed E-state index contributed by atoms with van der Waals surface area (Å²) in [7, 11) is -3.20. The van der Waals surface area contributed by atoms with E-state index in [1.807, 2.05) is 6.07 Å². The number of carbonyl (C=O) groups is 2. The summed E-state index contributed by atoms with van der Waals surface area (Å²) in [6, 6.07) is 7.08. The first kappa shape index (κ1) is 28.2. The van der Waals surface area contributed by atoms with Gasteiger partial charge in [-0.05, 0) is 56.8 Å². The molecule has 0 fully saturated rings. The van der Waals surface area contributed by atoms with E-state index in [1.165, 1.54) is 24.4 Å². The second kappa shape index (κ2) is 13.0. The van der Waals surface area contributed by atoms with Gasteiger partial charge in [-0.2, -0.15) is 0 Å². The van der Waals surface area contributed by atoms with Crippen LogP contribution in [0.3, 0.4) is 0 Å². The van der Waals surface area contributed by atoms with E-state index in [1.54, 1.807) is 45.0 Å². The first-order chi connectivity index (χ1) is 15.4. The van der Waals surface area contributed by atoms with Crippen molar-refractivity contribution in [3.05, 3.63) is 86.8 Å². The number of sulfone groups is 1. The fourth-order valence-electron chi connectivity index (χ4n) is 2.64. The van der Waals surface area contributed by atoms with Gasteiger partial charge in [-0.1, -0.05) is 47.5 Å². The number of halogens is 2. The lowest BCUT2D eigenvalue weighted by Crippen LogP contribution is -2.18. The van der Waals surface area contributed by atoms with Gasteiger partial charge >= 0.3 is 5.97 Å². The van der Waals surface area contributed by atoms with Crippen molar-refractivity contribution in [3.63, 3.8) is 0 Å². The van der Waals surface area contributed by atoms with Gasteiger partial charge in [0.2, 0.25) is 0 Å². The van der Waals surface area contributed by atoms with Crippen LogP contribution in [-0.2, 0) is 14.6 Å². The molecule has 1 heterocycles. The molecule has 33 heavy (non-hydrogen) atoms. The van der Waals surface area contributed by atoms with E-state index in [4.69, 9.17) is 23.2 Å². The van der Waals surface area contributed by atoms with Crippen LogP contribution >= 0.6 is 23.2 Å². The van der Waals surface area contributed by atoms with Gasteiger partial charge in [-0.25, -0.2) is 13.2 Å². The number of carbonyl (C=O) groups excluding carboxylic acids is 1. The average molecular weight is 513 g/mol. The number of carboxylic acids is 1. The molecule has 1 aromatic heterocycles. The summed E-state index contributed by atoms with van der Waals surface area (Å²) in [4.78, 5) is 26.5. The Balaban J connectivity index is 0.000000568. The molecule has 2 rings (SSSR count). The predicted octanol–water partition coefficient (Wildman–Crippen LogP) is 4.96. The molecule has 3 N–H and O–H groups in total. The number of aromatic nitrogens is 1. The molecule has 0 aliphatic carbocycles. The van der Waals surface area contributed by atoms with Crippen LogP contribution in [0, 0.1) is 13.8 Å². The van der Waals surface area contributed by atoms with Crippen LogP contribution in [0.25, 0.3) is 6.08 Å². The monoisotopic (exact) mass is 512 g/mol. The maximum absolute atomic E-state index is 12.2. The molecular formula is C23H26Cl2N2O5S. The largest absolute Gasteiger partial charge is 0.478 e. The van der Waals surface area contributed by atoms with Crippen molar-refractivity contribution in [2.75, 3.05) is 12.0 Å². The molecule has 0 radical (unpaired) electrons. The highest BCUT2D eigenvalue weighted by molar-refractivity contribution is 7.90. The lowest BCUT2D eigenvalue weighted by atomic mass is 10.1. The number of hydrogen-bond acceptors (Lipinski definition) is 4. The van der Waals surface area contributed by atoms with E-state index in [0.29, 0.717) is 27.0 Å². The van der Waals surface area contributed by atoms with Crippen molar-refractivity contribution < 1.29 is 23.1 Å². The number of hydrogen-bond donors (Lipinski definition) is 3. The van der Waals surface area contributed by atoms with Crippen LogP contribution < -0.4 is 5.32 Å². The number of H-pyrrole nitrogens is 1. The molecular weight excluding hydrogens is 487 g/mol. The Kier molecular flexibility index (Phi) is 11.1. The number of aromatic carboxylic acids is 1. The lowest BCUT2D eigenvalue weighted by molar-refractivity contribution is -0.116. The standard InChI is InChI=1S/C17H22N2O5S.C6H4Cl2/c1-5-8-18-16(20)13(7-6-9-25(4,23)24)10-14-11(2)15(17(21)22)12(3)19-14;7-5-2-1-3-6(8)4-5/h5-8,10,19H,9H2,1-4H3,(H,18,20)(H,21,22);1-4H/b7-6+,8-5+,13-10-;. The van der Waals surface area contributed by atoms with Gasteiger partial charge in [0, 0.05) is 33.3 Å². The van der Waals surface area contributed by atoms with Gasteiger partial charge in [0.1, 0.15) is 0 Å². The Morgan fingerprint density at radius 3 is 2.21 bits per heavy atom. The zero-order valence-corrected chi connectivity index (χ0v) is 21.0. The number of benzene rings is 1. The van der Waals surface area contributed by atoms with E-state index >= 15 is 0 Å². The second-order valence-corrected chi connectivity index (χ2v) is 10.0. The molecule has 0 aliphatic heterocycles. The lowest BCUT2D eigenvalue weighted by Gasteiger charge is -2.02. The number of aromatic amines is 1. The number of rotatable bonds is 7. The maximum Gasteiger partial charge on any atom is 0.337 e. The van der Waals surface area contributed by atoms with E-state index < -0.39 is 21.7 Å². The third kappa shape index (κ3) is 10.1. The van der Waals surface area contributed by atoms with E-state index in [0.717, 1.165) is 6.26 Å². The molecule has 0 atom stereocenters. The quantitative estimate of drug-likeness (QED) is 0.358. The molecule has 1 amide bonds. The molecule has 7 nitrogen and oxygen atoms in total. The Labute approximate surface area is 203 Å². The molecule has 10 heteroatoms. The van der Waals surface area contributed by atoms with Gasteiger partial charge in [-0.3, -0.25) is 4.79 Å². The van der Waals surface area contributed by atoms with Gasteiger partial charge in [0.25, 0.3) is 5.91 Å². The highest BCUT2D eigenvalue weighted by Crippen LogP contribution is 2.20. The molecule has 2 aromatic rings. The fourth-order valence-corrected chi connectivity index (χ4v) is 3.52. The van der Waals surface area contributed by atoms with Gasteiger partial charge in [0.05, 0.1) is 11.3 Å². The van der Waals surface area contributed by atoms with Crippen molar-refractivity contribution in [1.82, 2.24) is 10.3 Å². The third-order valence-electron chi connectivity index (χ3n) is 4.12. The first-order valence-electron chi connectivity index (χ1n) is 9.67. The number of nitrogens with one attached hydrogen (secondary N) is 2. The predicted molar refractivity (Wildman–Crippen MR) is 133 cm³/mol. The Morgan fingerprint density at radius 2 is 1.79 bits per heavy atom. The summed E-state index contributed by atoms with van der Waals surface area (Å²) in [6.07, 6.45) is 8.46.